The molecule has 1 heterocycles. The van der Waals surface area contributed by atoms with Gasteiger partial charge in [0.1, 0.15) is 5.82 Å². The summed E-state index contributed by atoms with van der Waals surface area (Å²) in [5.74, 6) is 5.08. The highest BCUT2D eigenvalue weighted by atomic mass is 35.5. The third-order valence-electron chi connectivity index (χ3n) is 2.69. The lowest BCUT2D eigenvalue weighted by molar-refractivity contribution is 0.605. The third-order valence-corrected chi connectivity index (χ3v) is 3.09. The second-order valence-corrected chi connectivity index (χ2v) is 4.42. The van der Waals surface area contributed by atoms with Gasteiger partial charge in [0, 0.05) is 12.4 Å². The Morgan fingerprint density at radius 2 is 2.17 bits per heavy atom. The molecule has 18 heavy (non-hydrogen) atoms. The Kier molecular flexibility index (Phi) is 3.91. The second kappa shape index (κ2) is 5.44. The van der Waals surface area contributed by atoms with Crippen molar-refractivity contribution in [3.05, 3.63) is 64.2 Å². The molecule has 0 radical (unpaired) electrons. The van der Waals surface area contributed by atoms with Gasteiger partial charge < -0.3 is 0 Å². The average molecular weight is 266 g/mol. The van der Waals surface area contributed by atoms with Crippen LogP contribution in [0.15, 0.2) is 36.7 Å². The van der Waals surface area contributed by atoms with Gasteiger partial charge in [-0.1, -0.05) is 29.8 Å². The molecule has 3 N–H and O–H groups in total. The minimum absolute atomic E-state index is 0.0713. The number of pyridine rings is 1. The van der Waals surface area contributed by atoms with E-state index >= 15 is 0 Å². The molecule has 1 atom stereocenters. The number of nitrogens with two attached hydrogens (primary N) is 1. The molecule has 0 saturated heterocycles. The molecule has 3 nitrogen and oxygen atoms in total. The summed E-state index contributed by atoms with van der Waals surface area (Å²) in [6.45, 7) is 1.93. The zero-order valence-corrected chi connectivity index (χ0v) is 10.6. The number of aromatic nitrogens is 1. The monoisotopic (exact) mass is 265 g/mol. The minimum atomic E-state index is -0.463. The maximum atomic E-state index is 13.5. The van der Waals surface area contributed by atoms with Crippen molar-refractivity contribution in [2.24, 2.45) is 5.84 Å². The van der Waals surface area contributed by atoms with E-state index in [1.54, 1.807) is 24.5 Å². The van der Waals surface area contributed by atoms with Gasteiger partial charge in [-0.25, -0.2) is 9.82 Å². The van der Waals surface area contributed by atoms with Crippen LogP contribution in [0.4, 0.5) is 4.39 Å². The molecule has 1 aromatic heterocycles. The standard InChI is InChI=1S/C13H13ClFN3/c1-8-5-9(7-17-6-8)13(18-16)10-3-2-4-11(15)12(10)14/h2-7,13,18H,16H2,1H3. The molecular formula is C13H13ClFN3. The van der Waals surface area contributed by atoms with Crippen molar-refractivity contribution in [1.82, 2.24) is 10.4 Å². The summed E-state index contributed by atoms with van der Waals surface area (Å²) in [5.41, 5.74) is 5.07. The first-order chi connectivity index (χ1) is 8.63. The SMILES string of the molecule is Cc1cncc(C(NN)c2cccc(F)c2Cl)c1. The summed E-state index contributed by atoms with van der Waals surface area (Å²) in [4.78, 5) is 4.10. The number of nitrogens with one attached hydrogen (secondary N) is 1. The molecule has 2 rings (SSSR count). The van der Waals surface area contributed by atoms with Gasteiger partial charge in [0.25, 0.3) is 0 Å². The Bertz CT molecular complexity index is 560. The molecule has 0 aliphatic heterocycles. The maximum absolute atomic E-state index is 13.5. The normalized spacial score (nSPS) is 12.4. The molecule has 5 heteroatoms. The number of hydrogen-bond acceptors (Lipinski definition) is 3. The first kappa shape index (κ1) is 13.0. The molecule has 2 aromatic rings. The number of nitrogens with zero attached hydrogens (tertiary/aromatic N) is 1. The van der Waals surface area contributed by atoms with Gasteiger partial charge in [-0.15, -0.1) is 0 Å². The van der Waals surface area contributed by atoms with Crippen molar-refractivity contribution in [3.63, 3.8) is 0 Å². The topological polar surface area (TPSA) is 50.9 Å². The van der Waals surface area contributed by atoms with Crippen LogP contribution in [0.3, 0.4) is 0 Å². The van der Waals surface area contributed by atoms with Crippen molar-refractivity contribution >= 4 is 11.6 Å². The van der Waals surface area contributed by atoms with E-state index in [1.165, 1.54) is 6.07 Å². The van der Waals surface area contributed by atoms with Crippen molar-refractivity contribution in [2.45, 2.75) is 13.0 Å². The van der Waals surface area contributed by atoms with Gasteiger partial charge in [0.15, 0.2) is 0 Å². The summed E-state index contributed by atoms with van der Waals surface area (Å²) in [6, 6.07) is 6.19. The Morgan fingerprint density at radius 3 is 2.83 bits per heavy atom. The van der Waals surface area contributed by atoms with Crippen LogP contribution in [0, 0.1) is 12.7 Å². The van der Waals surface area contributed by atoms with E-state index in [1.807, 2.05) is 13.0 Å². The predicted molar refractivity (Wildman–Crippen MR) is 69.6 cm³/mol. The van der Waals surface area contributed by atoms with Crippen LogP contribution in [-0.4, -0.2) is 4.98 Å². The largest absolute Gasteiger partial charge is 0.271 e. The van der Waals surface area contributed by atoms with Crippen LogP contribution in [0.1, 0.15) is 22.7 Å². The van der Waals surface area contributed by atoms with E-state index < -0.39 is 5.82 Å². The third kappa shape index (κ3) is 2.51. The van der Waals surface area contributed by atoms with Crippen LogP contribution in [0.5, 0.6) is 0 Å². The lowest BCUT2D eigenvalue weighted by Gasteiger charge is -2.18. The smallest absolute Gasteiger partial charge is 0.142 e. The van der Waals surface area contributed by atoms with E-state index in [-0.39, 0.29) is 11.1 Å². The second-order valence-electron chi connectivity index (χ2n) is 4.04. The highest BCUT2D eigenvalue weighted by Crippen LogP contribution is 2.29. The minimum Gasteiger partial charge on any atom is -0.271 e. The van der Waals surface area contributed by atoms with Gasteiger partial charge >= 0.3 is 0 Å². The molecule has 94 valence electrons. The Hall–Kier alpha value is -1.49. The highest BCUT2D eigenvalue weighted by molar-refractivity contribution is 6.31. The first-order valence-electron chi connectivity index (χ1n) is 5.45. The molecular weight excluding hydrogens is 253 g/mol. The van der Waals surface area contributed by atoms with Crippen molar-refractivity contribution in [2.75, 3.05) is 0 Å². The molecule has 0 aliphatic carbocycles. The number of hydrogen-bond donors (Lipinski definition) is 2. The molecule has 0 bridgehead atoms. The molecule has 0 spiro atoms. The first-order valence-corrected chi connectivity index (χ1v) is 5.83. The van der Waals surface area contributed by atoms with Crippen LogP contribution >= 0.6 is 11.6 Å². The fourth-order valence-electron chi connectivity index (χ4n) is 1.85. The van der Waals surface area contributed by atoms with Gasteiger partial charge in [-0.3, -0.25) is 10.8 Å². The summed E-state index contributed by atoms with van der Waals surface area (Å²) >= 11 is 5.97. The number of aryl methyl sites for hydroxylation is 1. The summed E-state index contributed by atoms with van der Waals surface area (Å²) in [5, 5.41) is 0.0713. The number of benzene rings is 1. The fourth-order valence-corrected chi connectivity index (χ4v) is 2.08. The molecule has 0 fully saturated rings. The van der Waals surface area contributed by atoms with Crippen molar-refractivity contribution < 1.29 is 4.39 Å². The molecule has 1 aromatic carbocycles. The van der Waals surface area contributed by atoms with Crippen LogP contribution < -0.4 is 11.3 Å². The Balaban J connectivity index is 2.49. The van der Waals surface area contributed by atoms with Crippen LogP contribution in [-0.2, 0) is 0 Å². The van der Waals surface area contributed by atoms with E-state index in [0.29, 0.717) is 5.56 Å². The van der Waals surface area contributed by atoms with E-state index in [0.717, 1.165) is 11.1 Å². The van der Waals surface area contributed by atoms with E-state index in [9.17, 15) is 4.39 Å². The molecule has 0 aliphatic rings. The number of rotatable bonds is 3. The molecule has 0 saturated carbocycles. The van der Waals surface area contributed by atoms with Gasteiger partial charge in [-0.05, 0) is 29.7 Å². The zero-order valence-electron chi connectivity index (χ0n) is 9.82. The van der Waals surface area contributed by atoms with E-state index in [2.05, 4.69) is 10.4 Å². The maximum Gasteiger partial charge on any atom is 0.142 e. The zero-order chi connectivity index (χ0) is 13.1. The highest BCUT2D eigenvalue weighted by Gasteiger charge is 2.17. The van der Waals surface area contributed by atoms with E-state index in [4.69, 9.17) is 17.4 Å². The average Bonchev–Trinajstić information content (AvgIpc) is 2.35. The van der Waals surface area contributed by atoms with Gasteiger partial charge in [0.2, 0.25) is 0 Å². The lowest BCUT2D eigenvalue weighted by Crippen LogP contribution is -2.29. The predicted octanol–water partition coefficient (Wildman–Crippen LogP) is 2.74. The lowest BCUT2D eigenvalue weighted by atomic mass is 9.99. The Morgan fingerprint density at radius 1 is 1.39 bits per heavy atom. The summed E-state index contributed by atoms with van der Waals surface area (Å²) in [7, 11) is 0. The van der Waals surface area contributed by atoms with Crippen LogP contribution in [0.2, 0.25) is 5.02 Å². The van der Waals surface area contributed by atoms with Gasteiger partial charge in [0.05, 0.1) is 11.1 Å². The number of halogens is 2. The number of hydrazine groups is 1. The van der Waals surface area contributed by atoms with Crippen LogP contribution in [0.25, 0.3) is 0 Å². The fraction of sp³-hybridized carbons (Fsp3) is 0.154. The summed E-state index contributed by atoms with van der Waals surface area (Å²) in [6.07, 6.45) is 3.42. The van der Waals surface area contributed by atoms with Gasteiger partial charge in [-0.2, -0.15) is 0 Å². The molecule has 0 amide bonds. The molecule has 1 unspecified atom stereocenters. The van der Waals surface area contributed by atoms with Crippen molar-refractivity contribution in [3.8, 4) is 0 Å². The van der Waals surface area contributed by atoms with Crippen molar-refractivity contribution in [1.29, 1.82) is 0 Å². The summed E-state index contributed by atoms with van der Waals surface area (Å²) < 4.78 is 13.5. The quantitative estimate of drug-likeness (QED) is 0.663. The Labute approximate surface area is 110 Å².